The summed E-state index contributed by atoms with van der Waals surface area (Å²) in [6.07, 6.45) is -7.76. The molecule has 0 aromatic rings. The van der Waals surface area contributed by atoms with Gasteiger partial charge < -0.3 is 78.7 Å². The van der Waals surface area contributed by atoms with E-state index in [1.165, 1.54) is 25.7 Å². The molecule has 0 amide bonds. The molecule has 16 nitrogen and oxygen atoms in total. The zero-order valence-corrected chi connectivity index (χ0v) is 34.9. The molecule has 5 aliphatic heterocycles. The largest absolute Gasteiger partial charge is 0.388 e. The van der Waals surface area contributed by atoms with Gasteiger partial charge in [0.2, 0.25) is 0 Å². The van der Waals surface area contributed by atoms with Crippen LogP contribution < -0.4 is 0 Å². The maximum atomic E-state index is 11.0. The molecule has 4 saturated carbocycles. The summed E-state index contributed by atoms with van der Waals surface area (Å²) in [6, 6.07) is 0. The molecule has 0 radical (unpaired) electrons. The van der Waals surface area contributed by atoms with Crippen molar-refractivity contribution < 1.29 is 78.7 Å². The first-order chi connectivity index (χ1) is 28.0. The molecule has 16 heteroatoms. The minimum Gasteiger partial charge on any atom is -0.388 e. The first kappa shape index (κ1) is 43.6. The lowest BCUT2D eigenvalue weighted by Crippen LogP contribution is -2.62. The molecule has 0 bridgehead atoms. The summed E-state index contributed by atoms with van der Waals surface area (Å²) in [5, 5.41) is 84.2. The van der Waals surface area contributed by atoms with Gasteiger partial charge in [0.15, 0.2) is 24.7 Å². The highest BCUT2D eigenvalue weighted by molar-refractivity contribution is 5.15. The smallest absolute Gasteiger partial charge is 0.186 e. The Bertz CT molecular complexity index is 1470. The normalized spacial score (nSPS) is 58.8. The number of aliphatic hydroxyl groups excluding tert-OH is 8. The molecule has 9 fully saturated rings. The van der Waals surface area contributed by atoms with Crippen LogP contribution in [-0.2, 0) is 37.9 Å². The van der Waals surface area contributed by atoms with Gasteiger partial charge in [0.25, 0.3) is 0 Å². The van der Waals surface area contributed by atoms with E-state index in [-0.39, 0.29) is 42.9 Å². The summed E-state index contributed by atoms with van der Waals surface area (Å²) < 4.78 is 48.1. The van der Waals surface area contributed by atoms with E-state index in [0.717, 1.165) is 45.1 Å². The van der Waals surface area contributed by atoms with Crippen molar-refractivity contribution >= 4 is 0 Å². The van der Waals surface area contributed by atoms with Crippen molar-refractivity contribution in [3.63, 3.8) is 0 Å². The highest BCUT2D eigenvalue weighted by Gasteiger charge is 2.69. The molecule has 0 aromatic carbocycles. The average Bonchev–Trinajstić information content (AvgIpc) is 3.67. The second kappa shape index (κ2) is 16.4. The summed E-state index contributed by atoms with van der Waals surface area (Å²) >= 11 is 0. The molecule has 9 rings (SSSR count). The Kier molecular flexibility index (Phi) is 12.1. The quantitative estimate of drug-likeness (QED) is 0.164. The van der Waals surface area contributed by atoms with Gasteiger partial charge >= 0.3 is 0 Å². The Labute approximate surface area is 346 Å². The fraction of sp³-hybridized carbons (Fsp3) is 1.00. The van der Waals surface area contributed by atoms with Crippen LogP contribution in [0.1, 0.15) is 91.9 Å². The van der Waals surface area contributed by atoms with Crippen LogP contribution in [0.3, 0.4) is 0 Å². The summed E-state index contributed by atoms with van der Waals surface area (Å²) in [6.45, 7) is 9.58. The van der Waals surface area contributed by atoms with Gasteiger partial charge in [0, 0.05) is 12.3 Å². The van der Waals surface area contributed by atoms with Gasteiger partial charge in [-0.05, 0) is 104 Å². The number of hydrogen-bond acceptors (Lipinski definition) is 16. The number of ether oxygens (including phenoxy) is 8. The van der Waals surface area contributed by atoms with E-state index < -0.39 is 85.7 Å². The van der Waals surface area contributed by atoms with Crippen LogP contribution in [0.4, 0.5) is 0 Å². The molecule has 25 atom stereocenters. The Morgan fingerprint density at radius 3 is 2.12 bits per heavy atom. The van der Waals surface area contributed by atoms with Crippen LogP contribution in [-0.4, -0.2) is 165 Å². The van der Waals surface area contributed by atoms with Crippen molar-refractivity contribution in [3.05, 3.63) is 0 Å². The maximum absolute atomic E-state index is 11.0. The van der Waals surface area contributed by atoms with E-state index >= 15 is 0 Å². The third-order valence-corrected chi connectivity index (χ3v) is 17.5. The number of aliphatic hydroxyl groups is 8. The molecule has 0 aromatic heterocycles. The first-order valence-electron chi connectivity index (χ1n) is 22.6. The highest BCUT2D eigenvalue weighted by atomic mass is 16.7. The van der Waals surface area contributed by atoms with Gasteiger partial charge in [-0.25, -0.2) is 0 Å². The van der Waals surface area contributed by atoms with Crippen molar-refractivity contribution in [3.8, 4) is 0 Å². The molecular formula is C43H70O16. The monoisotopic (exact) mass is 842 g/mol. The van der Waals surface area contributed by atoms with Crippen LogP contribution in [0.25, 0.3) is 0 Å². The predicted octanol–water partition coefficient (Wildman–Crippen LogP) is 0.545. The Hall–Kier alpha value is -0.640. The van der Waals surface area contributed by atoms with Gasteiger partial charge in [-0.1, -0.05) is 27.7 Å². The van der Waals surface area contributed by atoms with Gasteiger partial charge in [-0.2, -0.15) is 0 Å². The molecule has 1 spiro atoms. The zero-order valence-electron chi connectivity index (χ0n) is 34.9. The molecule has 9 aliphatic rings. The van der Waals surface area contributed by atoms with E-state index in [2.05, 4.69) is 27.7 Å². The maximum Gasteiger partial charge on any atom is 0.186 e. The second-order valence-electron chi connectivity index (χ2n) is 20.7. The van der Waals surface area contributed by atoms with Gasteiger partial charge in [-0.15, -0.1) is 0 Å². The van der Waals surface area contributed by atoms with E-state index in [4.69, 9.17) is 37.9 Å². The minimum atomic E-state index is -1.63. The fourth-order valence-electron chi connectivity index (χ4n) is 14.0. The molecule has 0 unspecified atom stereocenters. The Morgan fingerprint density at radius 2 is 1.36 bits per heavy atom. The average molecular weight is 843 g/mol. The molecule has 4 aliphatic carbocycles. The fourth-order valence-corrected chi connectivity index (χ4v) is 14.0. The SMILES string of the molecule is C[C@@H]1CC[C@@]2(OC1)O[C@@H]1C[C@H]3[C@@H]4CC[C@H]5C[C@H](O[C@H]6O[C@@H](CO[C@H]7OC[C@H](O[C@H]8OC[C@H](O)[C@@H](O)[C@@H]8O)[C@@H](O)[C@@H]7O)[C@H](O)[C@@H](O)[C@@H]6O)CC[C@@]5(C)[C@H]4CC[C@@]3(C)[C@@H]1[C@H]2C. The summed E-state index contributed by atoms with van der Waals surface area (Å²) in [5.41, 5.74) is 0.438. The molecule has 338 valence electrons. The lowest BCUT2D eigenvalue weighted by atomic mass is 9.44. The molecule has 59 heavy (non-hydrogen) atoms. The molecule has 8 N–H and O–H groups in total. The molecule has 5 heterocycles. The lowest BCUT2D eigenvalue weighted by Gasteiger charge is -2.61. The third kappa shape index (κ3) is 7.38. The van der Waals surface area contributed by atoms with Crippen LogP contribution in [0.5, 0.6) is 0 Å². The van der Waals surface area contributed by atoms with Gasteiger partial charge in [0.05, 0.1) is 38.6 Å². The van der Waals surface area contributed by atoms with E-state index in [1.54, 1.807) is 0 Å². The number of rotatable bonds is 7. The van der Waals surface area contributed by atoms with Crippen LogP contribution in [0.15, 0.2) is 0 Å². The minimum absolute atomic E-state index is 0.179. The summed E-state index contributed by atoms with van der Waals surface area (Å²) in [5.74, 6) is 3.53. The van der Waals surface area contributed by atoms with E-state index in [9.17, 15) is 40.9 Å². The van der Waals surface area contributed by atoms with Crippen molar-refractivity contribution in [1.29, 1.82) is 0 Å². The lowest BCUT2D eigenvalue weighted by molar-refractivity contribution is -0.343. The first-order valence-corrected chi connectivity index (χ1v) is 22.6. The summed E-state index contributed by atoms with van der Waals surface area (Å²) in [7, 11) is 0. The third-order valence-electron chi connectivity index (χ3n) is 17.5. The molecule has 5 saturated heterocycles. The predicted molar refractivity (Wildman–Crippen MR) is 204 cm³/mol. The summed E-state index contributed by atoms with van der Waals surface area (Å²) in [4.78, 5) is 0. The van der Waals surface area contributed by atoms with Gasteiger partial charge in [0.1, 0.15) is 61.0 Å². The van der Waals surface area contributed by atoms with Crippen molar-refractivity contribution in [2.45, 2.75) is 190 Å². The standard InChI is InChI=1S/C43H70O16/c1-19-7-12-43(55-15-19)20(2)30-27(59-43)14-25-23-6-5-21-13-22(8-10-41(21,3)24(23)9-11-42(25,30)4)56-40-37(51)34(48)32(46)28(58-40)17-53-38-36(50)33(47)29(18-54-38)57-39-35(49)31(45)26(44)16-52-39/h19-40,44-51H,5-18H2,1-4H3/t19-,20-,21+,22-,23-,24+,25+,26+,27-,28+,29+,30-,31-,32+,33-,34-,35+,36+,37+,38+,39-,40+,41-,42-,43-/m1/s1. The van der Waals surface area contributed by atoms with Crippen LogP contribution in [0.2, 0.25) is 0 Å². The molecular weight excluding hydrogens is 772 g/mol. The van der Waals surface area contributed by atoms with Gasteiger partial charge in [-0.3, -0.25) is 0 Å². The van der Waals surface area contributed by atoms with E-state index in [1.807, 2.05) is 0 Å². The van der Waals surface area contributed by atoms with E-state index in [0.29, 0.717) is 41.4 Å². The van der Waals surface area contributed by atoms with Crippen molar-refractivity contribution in [2.75, 3.05) is 26.4 Å². The second-order valence-corrected chi connectivity index (χ2v) is 20.7. The van der Waals surface area contributed by atoms with Crippen LogP contribution in [0, 0.1) is 52.3 Å². The highest BCUT2D eigenvalue weighted by Crippen LogP contribution is 2.71. The Morgan fingerprint density at radius 1 is 0.627 bits per heavy atom. The Balaban J connectivity index is 0.780. The number of hydrogen-bond donors (Lipinski definition) is 8. The van der Waals surface area contributed by atoms with Crippen LogP contribution >= 0.6 is 0 Å². The topological polar surface area (TPSA) is 236 Å². The zero-order chi connectivity index (χ0) is 41.8. The number of fused-ring (bicyclic) bond motifs is 7. The van der Waals surface area contributed by atoms with Crippen molar-refractivity contribution in [2.24, 2.45) is 52.3 Å². The van der Waals surface area contributed by atoms with Crippen molar-refractivity contribution in [1.82, 2.24) is 0 Å².